The lowest BCUT2D eigenvalue weighted by molar-refractivity contribution is -0.141. The maximum Gasteiger partial charge on any atom is 0.242 e. The summed E-state index contributed by atoms with van der Waals surface area (Å²) < 4.78 is 0. The van der Waals surface area contributed by atoms with Crippen molar-refractivity contribution in [2.24, 2.45) is 5.41 Å². The van der Waals surface area contributed by atoms with Crippen molar-refractivity contribution < 1.29 is 4.79 Å². The van der Waals surface area contributed by atoms with Gasteiger partial charge < -0.3 is 9.80 Å². The molecule has 5 nitrogen and oxygen atoms in total. The summed E-state index contributed by atoms with van der Waals surface area (Å²) in [4.78, 5) is 19.2. The number of amides is 1. The monoisotopic (exact) mass is 292 g/mol. The normalized spacial score (nSPS) is 26.6. The van der Waals surface area contributed by atoms with Crippen LogP contribution in [0.4, 0.5) is 0 Å². The number of carbonyl (C=O) groups excluding carboxylic acids is 1. The third-order valence-corrected chi connectivity index (χ3v) is 4.94. The number of rotatable bonds is 2. The van der Waals surface area contributed by atoms with Crippen LogP contribution < -0.4 is 0 Å². The minimum Gasteiger partial charge on any atom is -0.338 e. The van der Waals surface area contributed by atoms with Gasteiger partial charge in [0.15, 0.2) is 0 Å². The van der Waals surface area contributed by atoms with Gasteiger partial charge in [0.1, 0.15) is 5.41 Å². The van der Waals surface area contributed by atoms with Crippen LogP contribution in [0.3, 0.4) is 0 Å². The molecule has 0 radical (unpaired) electrons. The molecule has 2 fully saturated rings. The zero-order chi connectivity index (χ0) is 15.6. The van der Waals surface area contributed by atoms with Gasteiger partial charge in [-0.1, -0.05) is 0 Å². The van der Waals surface area contributed by atoms with Gasteiger partial charge in [0.2, 0.25) is 5.91 Å². The number of carbonyl (C=O) groups is 1. The topological polar surface area (TPSA) is 50.6 Å². The summed E-state index contributed by atoms with van der Waals surface area (Å²) in [5.74, 6) is -0.0279. The van der Waals surface area contributed by atoms with Crippen LogP contribution in [-0.2, 0) is 4.79 Å². The van der Waals surface area contributed by atoms with Gasteiger partial charge in [0.05, 0.1) is 6.07 Å². The van der Waals surface area contributed by atoms with Crippen LogP contribution in [0.2, 0.25) is 0 Å². The molecule has 0 N–H and O–H groups in total. The van der Waals surface area contributed by atoms with Crippen LogP contribution >= 0.6 is 0 Å². The Morgan fingerprint density at radius 1 is 1.19 bits per heavy atom. The molecule has 2 aliphatic rings. The Kier molecular flexibility index (Phi) is 4.90. The molecule has 0 aromatic heterocycles. The van der Waals surface area contributed by atoms with Crippen molar-refractivity contribution in [3.05, 3.63) is 0 Å². The van der Waals surface area contributed by atoms with Crippen LogP contribution in [0.1, 0.15) is 33.6 Å². The van der Waals surface area contributed by atoms with Crippen molar-refractivity contribution in [2.45, 2.75) is 45.7 Å². The van der Waals surface area contributed by atoms with Gasteiger partial charge >= 0.3 is 0 Å². The highest BCUT2D eigenvalue weighted by atomic mass is 16.2. The van der Waals surface area contributed by atoms with E-state index in [-0.39, 0.29) is 5.91 Å². The number of piperazine rings is 1. The second-order valence-corrected chi connectivity index (χ2v) is 7.11. The van der Waals surface area contributed by atoms with E-state index in [1.807, 2.05) is 4.90 Å². The average molecular weight is 292 g/mol. The highest BCUT2D eigenvalue weighted by molar-refractivity contribution is 5.84. The summed E-state index contributed by atoms with van der Waals surface area (Å²) in [5, 5.41) is 9.13. The van der Waals surface area contributed by atoms with Gasteiger partial charge in [-0.05, 0) is 53.8 Å². The van der Waals surface area contributed by atoms with Gasteiger partial charge in [-0.15, -0.1) is 0 Å². The van der Waals surface area contributed by atoms with Crippen molar-refractivity contribution in [3.63, 3.8) is 0 Å². The van der Waals surface area contributed by atoms with E-state index in [2.05, 4.69) is 29.8 Å². The molecule has 2 aliphatic heterocycles. The highest BCUT2D eigenvalue weighted by Crippen LogP contribution is 2.24. The van der Waals surface area contributed by atoms with E-state index < -0.39 is 5.41 Å². The quantitative estimate of drug-likeness (QED) is 0.766. The van der Waals surface area contributed by atoms with Crippen molar-refractivity contribution in [3.8, 4) is 6.07 Å². The molecule has 118 valence electrons. The predicted octanol–water partition coefficient (Wildman–Crippen LogP) is 1.16. The van der Waals surface area contributed by atoms with Gasteiger partial charge in [-0.25, -0.2) is 0 Å². The van der Waals surface area contributed by atoms with Crippen LogP contribution in [-0.4, -0.2) is 72.5 Å². The van der Waals surface area contributed by atoms with Gasteiger partial charge in [-0.2, -0.15) is 5.26 Å². The molecule has 21 heavy (non-hydrogen) atoms. The van der Waals surface area contributed by atoms with E-state index in [1.54, 1.807) is 13.8 Å². The standard InChI is InChI=1S/C16H28N4O/c1-13-11-19(15(21)16(2,3)12-17)9-10-20(13)14-5-7-18(4)8-6-14/h13-14H,5-11H2,1-4H3. The Bertz CT molecular complexity index is 420. The Hall–Kier alpha value is -1.12. The van der Waals surface area contributed by atoms with Crippen molar-refractivity contribution in [2.75, 3.05) is 39.8 Å². The van der Waals surface area contributed by atoms with Crippen LogP contribution in [0, 0.1) is 16.7 Å². The fourth-order valence-electron chi connectivity index (χ4n) is 3.47. The molecule has 0 aromatic carbocycles. The largest absolute Gasteiger partial charge is 0.338 e. The molecule has 5 heteroatoms. The third kappa shape index (κ3) is 3.56. The van der Waals surface area contributed by atoms with Crippen LogP contribution in [0.5, 0.6) is 0 Å². The molecule has 0 aromatic rings. The van der Waals surface area contributed by atoms with E-state index in [1.165, 1.54) is 12.8 Å². The molecular weight excluding hydrogens is 264 g/mol. The van der Waals surface area contributed by atoms with Gasteiger partial charge in [0.25, 0.3) is 0 Å². The summed E-state index contributed by atoms with van der Waals surface area (Å²) in [7, 11) is 2.18. The smallest absolute Gasteiger partial charge is 0.242 e. The molecular formula is C16H28N4O. The number of hydrogen-bond donors (Lipinski definition) is 0. The molecule has 2 rings (SSSR count). The summed E-state index contributed by atoms with van der Waals surface area (Å²) in [6, 6.07) is 3.15. The van der Waals surface area contributed by atoms with Crippen LogP contribution in [0.15, 0.2) is 0 Å². The average Bonchev–Trinajstić information content (AvgIpc) is 2.47. The van der Waals surface area contributed by atoms with E-state index in [4.69, 9.17) is 5.26 Å². The molecule has 1 unspecified atom stereocenters. The lowest BCUT2D eigenvalue weighted by Gasteiger charge is -2.46. The van der Waals surface area contributed by atoms with E-state index >= 15 is 0 Å². The maximum absolute atomic E-state index is 12.4. The minimum absolute atomic E-state index is 0.0279. The van der Waals surface area contributed by atoms with Crippen molar-refractivity contribution in [1.29, 1.82) is 5.26 Å². The Morgan fingerprint density at radius 2 is 1.81 bits per heavy atom. The SMILES string of the molecule is CC1CN(C(=O)C(C)(C)C#N)CCN1C1CCN(C)CC1. The second-order valence-electron chi connectivity index (χ2n) is 7.11. The maximum atomic E-state index is 12.4. The Balaban J connectivity index is 1.93. The van der Waals surface area contributed by atoms with Crippen molar-refractivity contribution in [1.82, 2.24) is 14.7 Å². The lowest BCUT2D eigenvalue weighted by atomic mass is 9.92. The van der Waals surface area contributed by atoms with E-state index in [9.17, 15) is 4.79 Å². The zero-order valence-corrected chi connectivity index (χ0v) is 13.8. The fourth-order valence-corrected chi connectivity index (χ4v) is 3.47. The van der Waals surface area contributed by atoms with Gasteiger partial charge in [0, 0.05) is 31.7 Å². The first-order chi connectivity index (χ1) is 9.85. The molecule has 0 bridgehead atoms. The fraction of sp³-hybridized carbons (Fsp3) is 0.875. The van der Waals surface area contributed by atoms with Crippen molar-refractivity contribution >= 4 is 5.91 Å². The molecule has 0 spiro atoms. The number of hydrogen-bond acceptors (Lipinski definition) is 4. The lowest BCUT2D eigenvalue weighted by Crippen LogP contribution is -2.59. The Labute approximate surface area is 128 Å². The predicted molar refractivity (Wildman–Crippen MR) is 82.7 cm³/mol. The van der Waals surface area contributed by atoms with Crippen LogP contribution in [0.25, 0.3) is 0 Å². The number of likely N-dealkylation sites (tertiary alicyclic amines) is 1. The molecule has 2 heterocycles. The minimum atomic E-state index is -0.907. The van der Waals surface area contributed by atoms with E-state index in [0.717, 1.165) is 32.7 Å². The number of nitrogens with zero attached hydrogens (tertiary/aromatic N) is 4. The molecule has 0 saturated carbocycles. The number of nitriles is 1. The first-order valence-corrected chi connectivity index (χ1v) is 8.00. The summed E-state index contributed by atoms with van der Waals surface area (Å²) in [6.07, 6.45) is 2.44. The summed E-state index contributed by atoms with van der Waals surface area (Å²) >= 11 is 0. The first-order valence-electron chi connectivity index (χ1n) is 8.00. The summed E-state index contributed by atoms with van der Waals surface area (Å²) in [6.45, 7) is 10.4. The molecule has 2 saturated heterocycles. The molecule has 1 amide bonds. The summed E-state index contributed by atoms with van der Waals surface area (Å²) in [5.41, 5.74) is -0.907. The van der Waals surface area contributed by atoms with E-state index in [0.29, 0.717) is 12.1 Å². The van der Waals surface area contributed by atoms with Gasteiger partial charge in [-0.3, -0.25) is 9.69 Å². The highest BCUT2D eigenvalue weighted by Gasteiger charge is 2.37. The second kappa shape index (κ2) is 6.33. The Morgan fingerprint density at radius 3 is 2.33 bits per heavy atom. The number of piperidine rings is 1. The molecule has 0 aliphatic carbocycles. The first kappa shape index (κ1) is 16.3. The zero-order valence-electron chi connectivity index (χ0n) is 13.8. The third-order valence-electron chi connectivity index (χ3n) is 4.94. The molecule has 1 atom stereocenters.